The molecule has 4 heterocycles. The molecule has 1 aromatic carbocycles. The van der Waals surface area contributed by atoms with Gasteiger partial charge < -0.3 is 10.1 Å². The second-order valence-corrected chi connectivity index (χ2v) is 7.59. The minimum Gasteiger partial charge on any atom is -0.381 e. The Kier molecular flexibility index (Phi) is 4.90. The average molecular weight is 449 g/mol. The number of rotatable bonds is 3. The fourth-order valence-electron chi connectivity index (χ4n) is 3.59. The van der Waals surface area contributed by atoms with Gasteiger partial charge >= 0.3 is 6.18 Å². The molecule has 0 unspecified atom stereocenters. The van der Waals surface area contributed by atoms with E-state index in [0.717, 1.165) is 12.8 Å². The number of fused-ring (bicyclic) bond motifs is 2. The number of benzene rings is 1. The largest absolute Gasteiger partial charge is 0.435 e. The van der Waals surface area contributed by atoms with Crippen molar-refractivity contribution < 1.29 is 17.9 Å². The maximum Gasteiger partial charge on any atom is 0.435 e. The van der Waals surface area contributed by atoms with Crippen molar-refractivity contribution in [3.05, 3.63) is 47.2 Å². The summed E-state index contributed by atoms with van der Waals surface area (Å²) >= 11 is 6.15. The number of para-hydroxylation sites is 2. The number of alkyl halides is 3. The summed E-state index contributed by atoms with van der Waals surface area (Å²) in [5.41, 5.74) is -0.639. The number of ether oxygens (including phenoxy) is 1. The van der Waals surface area contributed by atoms with Crippen molar-refractivity contribution in [2.45, 2.75) is 25.1 Å². The highest BCUT2D eigenvalue weighted by molar-refractivity contribution is 6.29. The van der Waals surface area contributed by atoms with Crippen LogP contribution in [0, 0.1) is 0 Å². The van der Waals surface area contributed by atoms with E-state index in [1.165, 1.54) is 16.6 Å². The lowest BCUT2D eigenvalue weighted by Gasteiger charge is -2.24. The molecule has 1 aliphatic heterocycles. The van der Waals surface area contributed by atoms with Crippen LogP contribution in [0.2, 0.25) is 5.15 Å². The highest BCUT2D eigenvalue weighted by Gasteiger charge is 2.38. The Morgan fingerprint density at radius 2 is 1.74 bits per heavy atom. The molecule has 11 heteroatoms. The third-order valence-electron chi connectivity index (χ3n) is 5.05. The number of anilines is 1. The van der Waals surface area contributed by atoms with Crippen LogP contribution >= 0.6 is 11.6 Å². The van der Waals surface area contributed by atoms with Crippen LogP contribution in [0.3, 0.4) is 0 Å². The van der Waals surface area contributed by atoms with Crippen molar-refractivity contribution in [1.29, 1.82) is 0 Å². The van der Waals surface area contributed by atoms with E-state index in [-0.39, 0.29) is 28.1 Å². The Morgan fingerprint density at radius 3 is 2.45 bits per heavy atom. The molecule has 160 valence electrons. The molecule has 4 aromatic rings. The summed E-state index contributed by atoms with van der Waals surface area (Å²) in [6.07, 6.45) is -3.11. The molecule has 0 spiro atoms. The first-order valence-electron chi connectivity index (χ1n) is 9.63. The molecular weight excluding hydrogens is 433 g/mol. The van der Waals surface area contributed by atoms with Crippen molar-refractivity contribution in [2.75, 3.05) is 18.5 Å². The van der Waals surface area contributed by atoms with Gasteiger partial charge in [0.25, 0.3) is 0 Å². The molecule has 1 saturated heterocycles. The molecule has 0 amide bonds. The topological polar surface area (TPSA) is 77.2 Å². The van der Waals surface area contributed by atoms with Crippen LogP contribution in [0.1, 0.15) is 18.5 Å². The fourth-order valence-corrected chi connectivity index (χ4v) is 3.78. The molecule has 7 nitrogen and oxygen atoms in total. The third kappa shape index (κ3) is 3.88. The Morgan fingerprint density at radius 1 is 1.03 bits per heavy atom. The lowest BCUT2D eigenvalue weighted by atomic mass is 10.1. The van der Waals surface area contributed by atoms with E-state index < -0.39 is 11.9 Å². The quantitative estimate of drug-likeness (QED) is 0.461. The van der Waals surface area contributed by atoms with E-state index in [9.17, 15) is 13.2 Å². The summed E-state index contributed by atoms with van der Waals surface area (Å²) in [7, 11) is 0. The zero-order valence-corrected chi connectivity index (χ0v) is 16.8. The van der Waals surface area contributed by atoms with Crippen molar-refractivity contribution in [2.24, 2.45) is 0 Å². The molecule has 1 fully saturated rings. The number of halogens is 4. The van der Waals surface area contributed by atoms with Gasteiger partial charge in [-0.15, -0.1) is 0 Å². The Hall–Kier alpha value is -2.98. The Bertz CT molecular complexity index is 1270. The van der Waals surface area contributed by atoms with Gasteiger partial charge in [0.1, 0.15) is 22.4 Å². The summed E-state index contributed by atoms with van der Waals surface area (Å²) < 4.78 is 48.1. The van der Waals surface area contributed by atoms with Crippen molar-refractivity contribution >= 4 is 34.1 Å². The minimum absolute atomic E-state index is 0.00960. The van der Waals surface area contributed by atoms with E-state index in [2.05, 4.69) is 25.4 Å². The van der Waals surface area contributed by atoms with Crippen LogP contribution in [0.5, 0.6) is 0 Å². The lowest BCUT2D eigenvalue weighted by Crippen LogP contribution is -2.28. The van der Waals surface area contributed by atoms with Crippen LogP contribution < -0.4 is 5.32 Å². The molecule has 1 N–H and O–H groups in total. The first-order chi connectivity index (χ1) is 14.9. The van der Waals surface area contributed by atoms with Crippen molar-refractivity contribution in [3.63, 3.8) is 0 Å². The third-order valence-corrected chi connectivity index (χ3v) is 5.24. The molecule has 0 radical (unpaired) electrons. The van der Waals surface area contributed by atoms with Gasteiger partial charge in [0.15, 0.2) is 11.3 Å². The Labute approximate surface area is 179 Å². The van der Waals surface area contributed by atoms with Crippen LogP contribution in [0.25, 0.3) is 28.1 Å². The summed E-state index contributed by atoms with van der Waals surface area (Å²) in [5.74, 6) is 0.537. The van der Waals surface area contributed by atoms with Gasteiger partial charge in [0.2, 0.25) is 0 Å². The Balaban J connectivity index is 1.65. The van der Waals surface area contributed by atoms with E-state index in [4.69, 9.17) is 16.3 Å². The van der Waals surface area contributed by atoms with Crippen LogP contribution in [-0.4, -0.2) is 43.8 Å². The predicted octanol–water partition coefficient (Wildman–Crippen LogP) is 4.60. The SMILES string of the molecule is FC(F)(F)c1nc2ccccc2nc1-c1cc2nc(Cl)cc(NC3CCOCC3)n2n1. The highest BCUT2D eigenvalue weighted by atomic mass is 35.5. The second-order valence-electron chi connectivity index (χ2n) is 7.20. The molecular formula is C20H16ClF3N6O. The zero-order valence-electron chi connectivity index (χ0n) is 16.0. The molecule has 0 atom stereocenters. The summed E-state index contributed by atoms with van der Waals surface area (Å²) in [4.78, 5) is 12.2. The minimum atomic E-state index is -4.70. The van der Waals surface area contributed by atoms with Crippen molar-refractivity contribution in [1.82, 2.24) is 24.6 Å². The van der Waals surface area contributed by atoms with Gasteiger partial charge in [-0.2, -0.15) is 22.8 Å². The zero-order chi connectivity index (χ0) is 21.6. The van der Waals surface area contributed by atoms with Crippen LogP contribution in [0.15, 0.2) is 36.4 Å². The fraction of sp³-hybridized carbons (Fsp3) is 0.300. The number of nitrogens with zero attached hydrogens (tertiary/aromatic N) is 5. The van der Waals surface area contributed by atoms with E-state index in [1.54, 1.807) is 24.3 Å². The maximum atomic E-state index is 13.8. The summed E-state index contributed by atoms with van der Waals surface area (Å²) in [6.45, 7) is 1.26. The molecule has 0 saturated carbocycles. The average Bonchev–Trinajstić information content (AvgIpc) is 3.17. The summed E-state index contributed by atoms with van der Waals surface area (Å²) in [6, 6.07) is 9.55. The molecule has 31 heavy (non-hydrogen) atoms. The summed E-state index contributed by atoms with van der Waals surface area (Å²) in [5, 5.41) is 7.91. The van der Waals surface area contributed by atoms with E-state index >= 15 is 0 Å². The first kappa shape index (κ1) is 20.0. The van der Waals surface area contributed by atoms with Gasteiger partial charge in [-0.05, 0) is 25.0 Å². The van der Waals surface area contributed by atoms with Gasteiger partial charge in [-0.1, -0.05) is 23.7 Å². The number of aromatic nitrogens is 5. The van der Waals surface area contributed by atoms with E-state index in [0.29, 0.717) is 30.2 Å². The van der Waals surface area contributed by atoms with Gasteiger partial charge in [-0.25, -0.2) is 15.0 Å². The van der Waals surface area contributed by atoms with Crippen LogP contribution in [-0.2, 0) is 10.9 Å². The first-order valence-corrected chi connectivity index (χ1v) is 10.0. The maximum absolute atomic E-state index is 13.8. The van der Waals surface area contributed by atoms with Gasteiger partial charge in [-0.3, -0.25) is 0 Å². The van der Waals surface area contributed by atoms with E-state index in [1.807, 2.05) is 0 Å². The number of nitrogens with one attached hydrogen (secondary N) is 1. The smallest absolute Gasteiger partial charge is 0.381 e. The normalized spacial score (nSPS) is 15.6. The van der Waals surface area contributed by atoms with Crippen molar-refractivity contribution in [3.8, 4) is 11.4 Å². The molecule has 1 aliphatic rings. The molecule has 5 rings (SSSR count). The van der Waals surface area contributed by atoms with Gasteiger partial charge in [0, 0.05) is 31.4 Å². The monoisotopic (exact) mass is 448 g/mol. The standard InChI is InChI=1S/C20H16ClF3N6O/c21-15-10-17(25-11-5-7-31-8-6-11)30-16(28-15)9-14(29-30)18-19(20(22,23)24)27-13-4-2-1-3-12(13)26-18/h1-4,9-11,25H,5-8H2. The number of hydrogen-bond acceptors (Lipinski definition) is 6. The van der Waals surface area contributed by atoms with Gasteiger partial charge in [0.05, 0.1) is 11.0 Å². The number of hydrogen-bond donors (Lipinski definition) is 1. The van der Waals surface area contributed by atoms with Crippen LogP contribution in [0.4, 0.5) is 19.0 Å². The molecule has 0 bridgehead atoms. The molecule has 3 aromatic heterocycles. The second kappa shape index (κ2) is 7.61. The molecule has 0 aliphatic carbocycles. The lowest BCUT2D eigenvalue weighted by molar-refractivity contribution is -0.140. The highest BCUT2D eigenvalue weighted by Crippen LogP contribution is 2.36. The predicted molar refractivity (Wildman–Crippen MR) is 109 cm³/mol.